The van der Waals surface area contributed by atoms with Crippen molar-refractivity contribution in [1.29, 1.82) is 0 Å². The van der Waals surface area contributed by atoms with Crippen LogP contribution in [0.25, 0.3) is 0 Å². The average molecular weight is 1500 g/mol. The van der Waals surface area contributed by atoms with Gasteiger partial charge >= 0.3 is 0 Å². The summed E-state index contributed by atoms with van der Waals surface area (Å²) < 4.78 is 5.87. The van der Waals surface area contributed by atoms with Crippen molar-refractivity contribution in [3.63, 3.8) is 0 Å². The number of carbonyl (C=O) groups is 12. The highest BCUT2D eigenvalue weighted by atomic mass is 16.5. The largest absolute Gasteiger partial charge is 0.508 e. The minimum Gasteiger partial charge on any atom is -0.508 e. The number of amides is 11. The predicted molar refractivity (Wildman–Crippen MR) is 397 cm³/mol. The van der Waals surface area contributed by atoms with Crippen molar-refractivity contribution in [1.82, 2.24) is 52.3 Å². The SMILES string of the molecule is C=C1NC(CCCN=C(N)N)C(=O)NC(CC(C)C)C(=O)N(C)C(CCC(N)=O)C(=O)NC(C(OC)c2ccc(O)cc2)C(=O)N(C)C(C)C(=O)CC(C)C(NC(=O)C(NC(=O)C(O)C(O)C(CCCN=C(N)N)NC(=O)C(C)NC(=O)C(C)C(C)C(C)CC(C)C)C(C)C(C)C(N)=O)C(=O)NC1C(C)O. The van der Waals surface area contributed by atoms with Gasteiger partial charge in [0, 0.05) is 64.7 Å². The molecule has 1 saturated heterocycles. The molecule has 106 heavy (non-hydrogen) atoms. The van der Waals surface area contributed by atoms with E-state index in [1.165, 1.54) is 87.0 Å². The highest BCUT2D eigenvalue weighted by molar-refractivity contribution is 5.98. The fraction of sp³-hybridized carbons (Fsp3) is 0.690. The zero-order valence-corrected chi connectivity index (χ0v) is 64.3. The van der Waals surface area contributed by atoms with Gasteiger partial charge in [0.15, 0.2) is 23.8 Å². The summed E-state index contributed by atoms with van der Waals surface area (Å²) in [6.45, 7) is 25.4. The number of ketones is 1. The number of hydrogen-bond acceptors (Lipinski definition) is 20. The molecule has 1 aliphatic heterocycles. The maximum atomic E-state index is 15.3. The van der Waals surface area contributed by atoms with E-state index >= 15 is 14.4 Å². The average Bonchev–Trinajstić information content (AvgIpc) is 0.811. The molecule has 20 unspecified atom stereocenters. The molecule has 11 amide bonds. The summed E-state index contributed by atoms with van der Waals surface area (Å²) >= 11 is 0. The summed E-state index contributed by atoms with van der Waals surface area (Å²) in [7, 11) is 3.69. The Hall–Kier alpha value is -9.22. The van der Waals surface area contributed by atoms with E-state index in [2.05, 4.69) is 72.9 Å². The normalized spacial score (nSPS) is 23.3. The monoisotopic (exact) mass is 1500 g/mol. The van der Waals surface area contributed by atoms with Crippen LogP contribution in [0.1, 0.15) is 159 Å². The number of hydrogen-bond donors (Lipinski definition) is 18. The number of benzene rings is 1. The third-order valence-electron chi connectivity index (χ3n) is 19.6. The van der Waals surface area contributed by atoms with Crippen LogP contribution >= 0.6 is 0 Å². The zero-order valence-electron chi connectivity index (χ0n) is 64.3. The standard InChI is InChI=1S/C71H122N18O17/c1-33(2)30-35(5)37(7)40(10)61(97)81-42(12)62(98)82-47(20-18-28-78-70(74)75)57(94)58(95)67(103)85-54(38(8)39(9)60(73)96)66(102)84-53-36(6)32-51(92)43(13)88(15)69(105)56(59(106-17)45-22-24-46(91)25-23-45)87-64(100)50(26-27-52(72)93)89(16)68(104)49(31-34(3)4)83-63(99)48(21-19-29-79-71(76)77)80-41(11)55(44(14)90)86-65(53)101/h22-25,33-40,42-44,47-50,53-59,80,90-91,94-95H,11,18-21,26-32H2,1-10,12-17H3,(H2,72,93)(H2,73,96)(H,81,97)(H,82,98)(H,83,99)(H,84,102)(H,85,103)(H,86,101)(H,87,100)(H4,74,75,78)(H4,76,77,79). The molecule has 0 saturated carbocycles. The van der Waals surface area contributed by atoms with Crippen LogP contribution in [-0.2, 0) is 62.3 Å². The Morgan fingerprint density at radius 3 is 1.75 bits per heavy atom. The van der Waals surface area contributed by atoms with Crippen molar-refractivity contribution >= 4 is 82.7 Å². The first-order valence-electron chi connectivity index (χ1n) is 36.0. The number of nitrogens with one attached hydrogen (secondary N) is 8. The van der Waals surface area contributed by atoms with Crippen LogP contribution in [0, 0.1) is 47.3 Å². The molecule has 1 aromatic rings. The smallest absolute Gasteiger partial charge is 0.252 e. The first kappa shape index (κ1) is 92.9. The molecule has 0 aliphatic carbocycles. The van der Waals surface area contributed by atoms with Crippen LogP contribution in [0.15, 0.2) is 46.5 Å². The van der Waals surface area contributed by atoms with E-state index in [0.29, 0.717) is 5.92 Å². The van der Waals surface area contributed by atoms with E-state index < -0.39 is 199 Å². The number of Topliss-reactive ketones (excluding diaryl/α,β-unsaturated/α-hetero) is 1. The summed E-state index contributed by atoms with van der Waals surface area (Å²) in [6, 6.07) is -10.4. The number of rotatable bonds is 34. The van der Waals surface area contributed by atoms with Gasteiger partial charge in [0.05, 0.1) is 24.2 Å². The molecule has 1 heterocycles. The molecule has 1 aliphatic rings. The van der Waals surface area contributed by atoms with Crippen molar-refractivity contribution in [2.75, 3.05) is 34.3 Å². The topological polar surface area (TPSA) is 579 Å². The molecular formula is C71H122N18O17. The Morgan fingerprint density at radius 1 is 0.651 bits per heavy atom. The number of aliphatic hydroxyl groups excluding tert-OH is 3. The molecule has 0 aromatic heterocycles. The van der Waals surface area contributed by atoms with Gasteiger partial charge in [-0.15, -0.1) is 0 Å². The summed E-state index contributed by atoms with van der Waals surface area (Å²) in [6.07, 6.45) is -8.56. The minimum absolute atomic E-state index is 0.0194. The van der Waals surface area contributed by atoms with Crippen molar-refractivity contribution < 1.29 is 82.7 Å². The third-order valence-corrected chi connectivity index (χ3v) is 19.6. The van der Waals surface area contributed by atoms with E-state index in [-0.39, 0.29) is 91.9 Å². The van der Waals surface area contributed by atoms with Gasteiger partial charge in [0.25, 0.3) is 5.91 Å². The van der Waals surface area contributed by atoms with Crippen LogP contribution in [0.2, 0.25) is 0 Å². The van der Waals surface area contributed by atoms with Gasteiger partial charge in [-0.1, -0.05) is 87.9 Å². The second-order valence-electron chi connectivity index (χ2n) is 29.1. The summed E-state index contributed by atoms with van der Waals surface area (Å²) in [5, 5.41) is 66.7. The van der Waals surface area contributed by atoms with Crippen LogP contribution < -0.4 is 76.9 Å². The molecular weight excluding hydrogens is 1380 g/mol. The molecule has 24 N–H and O–H groups in total. The number of aliphatic hydroxyl groups is 3. The summed E-state index contributed by atoms with van der Waals surface area (Å²) in [5.41, 5.74) is 33.7. The van der Waals surface area contributed by atoms with Gasteiger partial charge in [-0.05, 0) is 119 Å². The number of guanidine groups is 2. The van der Waals surface area contributed by atoms with E-state index in [1.54, 1.807) is 20.8 Å². The number of methoxy groups -OCH3 is 1. The van der Waals surface area contributed by atoms with Gasteiger partial charge in [-0.3, -0.25) is 67.5 Å². The first-order valence-corrected chi connectivity index (χ1v) is 36.0. The van der Waals surface area contributed by atoms with Crippen molar-refractivity contribution in [2.24, 2.45) is 91.7 Å². The number of carbonyl (C=O) groups excluding carboxylic acids is 12. The number of aromatic hydroxyl groups is 1. The van der Waals surface area contributed by atoms with E-state index in [1.807, 2.05) is 13.8 Å². The number of aliphatic imine (C=N–C) groups is 2. The van der Waals surface area contributed by atoms with Crippen molar-refractivity contribution in [3.05, 3.63) is 42.1 Å². The van der Waals surface area contributed by atoms with Crippen LogP contribution in [0.5, 0.6) is 5.75 Å². The van der Waals surface area contributed by atoms with Crippen LogP contribution in [0.4, 0.5) is 0 Å². The predicted octanol–water partition coefficient (Wildman–Crippen LogP) is -2.52. The van der Waals surface area contributed by atoms with Gasteiger partial charge in [0.1, 0.15) is 60.3 Å². The molecule has 35 heteroatoms. The second-order valence-corrected chi connectivity index (χ2v) is 29.1. The molecule has 0 bridgehead atoms. The van der Waals surface area contributed by atoms with Gasteiger partial charge in [-0.25, -0.2) is 0 Å². The fourth-order valence-corrected chi connectivity index (χ4v) is 12.4. The molecule has 35 nitrogen and oxygen atoms in total. The molecule has 598 valence electrons. The van der Waals surface area contributed by atoms with E-state index in [0.717, 1.165) is 16.2 Å². The van der Waals surface area contributed by atoms with Crippen molar-refractivity contribution in [2.45, 2.75) is 233 Å². The minimum atomic E-state index is -2.49. The summed E-state index contributed by atoms with van der Waals surface area (Å²) in [5.74, 6) is -16.5. The fourth-order valence-electron chi connectivity index (χ4n) is 12.4. The lowest BCUT2D eigenvalue weighted by molar-refractivity contribution is -0.147. The number of ether oxygens (including phenoxy) is 1. The number of nitrogens with zero attached hydrogens (tertiary/aromatic N) is 4. The lowest BCUT2D eigenvalue weighted by Crippen LogP contribution is -2.63. The molecule has 20 atom stereocenters. The van der Waals surface area contributed by atoms with Gasteiger partial charge < -0.3 is 112 Å². The second kappa shape index (κ2) is 44.0. The van der Waals surface area contributed by atoms with E-state index in [4.69, 9.17) is 39.1 Å². The number of phenolic OH excluding ortho intramolecular Hbond substituents is 1. The Balaban J connectivity index is 3.02. The molecule has 0 spiro atoms. The molecule has 1 aromatic carbocycles. The number of primary amides is 2. The Morgan fingerprint density at radius 2 is 1.23 bits per heavy atom. The molecule has 1 fully saturated rings. The highest BCUT2D eigenvalue weighted by Gasteiger charge is 2.44. The molecule has 2 rings (SSSR count). The highest BCUT2D eigenvalue weighted by Crippen LogP contribution is 2.29. The Bertz CT molecular complexity index is 3220. The van der Waals surface area contributed by atoms with E-state index in [9.17, 15) is 63.6 Å². The maximum Gasteiger partial charge on any atom is 0.252 e. The van der Waals surface area contributed by atoms with Gasteiger partial charge in [0.2, 0.25) is 59.1 Å². The first-order chi connectivity index (χ1) is 49.3. The zero-order chi connectivity index (χ0) is 81.1. The number of likely N-dealkylation sites (N-methyl/N-ethyl adjacent to an activating group) is 2. The van der Waals surface area contributed by atoms with Crippen LogP contribution in [-0.4, -0.2) is 226 Å². The Kier molecular flexibility index (Phi) is 38.6. The Labute approximate surface area is 621 Å². The van der Waals surface area contributed by atoms with Crippen molar-refractivity contribution in [3.8, 4) is 5.75 Å². The quantitative estimate of drug-likeness (QED) is 0.0192. The summed E-state index contributed by atoms with van der Waals surface area (Å²) in [4.78, 5) is 183. The van der Waals surface area contributed by atoms with Gasteiger partial charge in [-0.2, -0.15) is 0 Å². The number of nitrogens with two attached hydrogens (primary N) is 6. The lowest BCUT2D eigenvalue weighted by Gasteiger charge is -2.36. The maximum absolute atomic E-state index is 15.3. The lowest BCUT2D eigenvalue weighted by atomic mass is 9.80. The third kappa shape index (κ3) is 28.9. The van der Waals surface area contributed by atoms with Crippen LogP contribution in [0.3, 0.4) is 0 Å². The number of phenols is 1. The molecule has 0 radical (unpaired) electrons.